The smallest absolute Gasteiger partial charge is 0.128 e. The largest absolute Gasteiger partial charge is 0.487 e. The minimum atomic E-state index is -0.297. The Kier molecular flexibility index (Phi) is 3.41. The molecule has 1 fully saturated rings. The van der Waals surface area contributed by atoms with Crippen LogP contribution in [0.5, 0.6) is 5.75 Å². The molecular formula is C12H16FNO2. The maximum Gasteiger partial charge on any atom is 0.128 e. The third-order valence-electron chi connectivity index (χ3n) is 2.74. The van der Waals surface area contributed by atoms with Gasteiger partial charge in [-0.15, -0.1) is 0 Å². The Labute approximate surface area is 94.3 Å². The predicted octanol–water partition coefficient (Wildman–Crippen LogP) is 1.71. The summed E-state index contributed by atoms with van der Waals surface area (Å²) in [7, 11) is 0. The second-order valence-electron chi connectivity index (χ2n) is 3.93. The molecule has 16 heavy (non-hydrogen) atoms. The average molecular weight is 225 g/mol. The topological polar surface area (TPSA) is 44.5 Å². The fourth-order valence-corrected chi connectivity index (χ4v) is 1.87. The summed E-state index contributed by atoms with van der Waals surface area (Å²) in [4.78, 5) is 0. The van der Waals surface area contributed by atoms with Gasteiger partial charge in [0, 0.05) is 25.1 Å². The molecular weight excluding hydrogens is 209 g/mol. The summed E-state index contributed by atoms with van der Waals surface area (Å²) in [5.41, 5.74) is 5.80. The number of benzene rings is 1. The highest BCUT2D eigenvalue weighted by atomic mass is 19.1. The summed E-state index contributed by atoms with van der Waals surface area (Å²) in [5, 5.41) is 0. The molecule has 2 rings (SSSR count). The maximum atomic E-state index is 12.9. The van der Waals surface area contributed by atoms with E-state index in [2.05, 4.69) is 0 Å². The van der Waals surface area contributed by atoms with Gasteiger partial charge in [-0.3, -0.25) is 0 Å². The highest BCUT2D eigenvalue weighted by molar-refractivity contribution is 5.23. The van der Waals surface area contributed by atoms with Crippen LogP contribution in [-0.4, -0.2) is 24.9 Å². The van der Waals surface area contributed by atoms with Gasteiger partial charge in [0.25, 0.3) is 0 Å². The summed E-state index contributed by atoms with van der Waals surface area (Å²) in [6.07, 6.45) is 0.617. The molecule has 0 aromatic heterocycles. The highest BCUT2D eigenvalue weighted by Gasteiger charge is 2.41. The quantitative estimate of drug-likeness (QED) is 0.848. The van der Waals surface area contributed by atoms with Crippen molar-refractivity contribution in [2.45, 2.75) is 31.6 Å². The number of nitrogens with two attached hydrogens (primary N) is 1. The molecule has 3 nitrogen and oxygen atoms in total. The number of rotatable bonds is 4. The summed E-state index contributed by atoms with van der Waals surface area (Å²) < 4.78 is 24.0. The van der Waals surface area contributed by atoms with E-state index in [0.29, 0.717) is 12.4 Å². The molecule has 0 amide bonds. The molecule has 1 aliphatic rings. The van der Waals surface area contributed by atoms with E-state index in [-0.39, 0.29) is 24.1 Å². The zero-order chi connectivity index (χ0) is 11.5. The summed E-state index contributed by atoms with van der Waals surface area (Å²) >= 11 is 0. The van der Waals surface area contributed by atoms with E-state index in [9.17, 15) is 4.39 Å². The molecule has 0 spiro atoms. The Bertz CT molecular complexity index is 359. The monoisotopic (exact) mass is 225 g/mol. The normalized spacial score (nSPS) is 28.6. The van der Waals surface area contributed by atoms with Gasteiger partial charge in [-0.1, -0.05) is 6.07 Å². The lowest BCUT2D eigenvalue weighted by Crippen LogP contribution is -2.59. The van der Waals surface area contributed by atoms with Crippen molar-refractivity contribution in [2.75, 3.05) is 6.61 Å². The van der Waals surface area contributed by atoms with Crippen molar-refractivity contribution in [3.05, 3.63) is 30.1 Å². The SMILES string of the molecule is CCOC1C(N)CC1Oc1cccc(F)c1. The van der Waals surface area contributed by atoms with E-state index in [1.807, 2.05) is 6.92 Å². The van der Waals surface area contributed by atoms with Gasteiger partial charge in [-0.25, -0.2) is 4.39 Å². The van der Waals surface area contributed by atoms with Crippen LogP contribution in [-0.2, 0) is 4.74 Å². The van der Waals surface area contributed by atoms with Gasteiger partial charge in [-0.05, 0) is 19.1 Å². The first-order valence-electron chi connectivity index (χ1n) is 5.50. The minimum Gasteiger partial charge on any atom is -0.487 e. The molecule has 4 heteroatoms. The second kappa shape index (κ2) is 4.80. The van der Waals surface area contributed by atoms with Gasteiger partial charge < -0.3 is 15.2 Å². The Morgan fingerprint density at radius 2 is 2.31 bits per heavy atom. The molecule has 1 aliphatic carbocycles. The van der Waals surface area contributed by atoms with Crippen LogP contribution in [0, 0.1) is 5.82 Å². The van der Waals surface area contributed by atoms with Crippen molar-refractivity contribution in [3.8, 4) is 5.75 Å². The molecule has 0 saturated heterocycles. The molecule has 0 aliphatic heterocycles. The highest BCUT2D eigenvalue weighted by Crippen LogP contribution is 2.27. The van der Waals surface area contributed by atoms with Gasteiger partial charge in [0.2, 0.25) is 0 Å². The third kappa shape index (κ3) is 2.33. The van der Waals surface area contributed by atoms with Crippen molar-refractivity contribution >= 4 is 0 Å². The lowest BCUT2D eigenvalue weighted by atomic mass is 9.86. The van der Waals surface area contributed by atoms with E-state index in [1.165, 1.54) is 12.1 Å². The van der Waals surface area contributed by atoms with Crippen molar-refractivity contribution in [3.63, 3.8) is 0 Å². The summed E-state index contributed by atoms with van der Waals surface area (Å²) in [6, 6.07) is 6.14. The van der Waals surface area contributed by atoms with Crippen LogP contribution in [0.2, 0.25) is 0 Å². The Balaban J connectivity index is 1.95. The van der Waals surface area contributed by atoms with Crippen molar-refractivity contribution in [1.29, 1.82) is 0 Å². The van der Waals surface area contributed by atoms with Crippen LogP contribution in [0.1, 0.15) is 13.3 Å². The Hall–Kier alpha value is -1.13. The lowest BCUT2D eigenvalue weighted by molar-refractivity contribution is -0.0946. The third-order valence-corrected chi connectivity index (χ3v) is 2.74. The van der Waals surface area contributed by atoms with E-state index in [1.54, 1.807) is 12.1 Å². The number of hydrogen-bond acceptors (Lipinski definition) is 3. The molecule has 3 unspecified atom stereocenters. The van der Waals surface area contributed by atoms with Crippen molar-refractivity contribution < 1.29 is 13.9 Å². The molecule has 0 radical (unpaired) electrons. The van der Waals surface area contributed by atoms with E-state index < -0.39 is 0 Å². The molecule has 3 atom stereocenters. The Morgan fingerprint density at radius 1 is 1.50 bits per heavy atom. The predicted molar refractivity (Wildman–Crippen MR) is 58.8 cm³/mol. The van der Waals surface area contributed by atoms with Gasteiger partial charge >= 0.3 is 0 Å². The van der Waals surface area contributed by atoms with E-state index >= 15 is 0 Å². The zero-order valence-corrected chi connectivity index (χ0v) is 9.23. The van der Waals surface area contributed by atoms with E-state index in [4.69, 9.17) is 15.2 Å². The van der Waals surface area contributed by atoms with Crippen LogP contribution >= 0.6 is 0 Å². The first-order chi connectivity index (χ1) is 7.70. The van der Waals surface area contributed by atoms with Crippen LogP contribution < -0.4 is 10.5 Å². The van der Waals surface area contributed by atoms with Crippen LogP contribution in [0.25, 0.3) is 0 Å². The van der Waals surface area contributed by atoms with Gasteiger partial charge in [-0.2, -0.15) is 0 Å². The van der Waals surface area contributed by atoms with Crippen LogP contribution in [0.4, 0.5) is 4.39 Å². The van der Waals surface area contributed by atoms with Crippen LogP contribution in [0.3, 0.4) is 0 Å². The molecule has 1 aromatic carbocycles. The van der Waals surface area contributed by atoms with Crippen molar-refractivity contribution in [1.82, 2.24) is 0 Å². The molecule has 88 valence electrons. The fraction of sp³-hybridized carbons (Fsp3) is 0.500. The van der Waals surface area contributed by atoms with Gasteiger partial charge in [0.1, 0.15) is 23.8 Å². The molecule has 1 aromatic rings. The molecule has 2 N–H and O–H groups in total. The maximum absolute atomic E-state index is 12.9. The first kappa shape index (κ1) is 11.4. The summed E-state index contributed by atoms with van der Waals surface area (Å²) in [6.45, 7) is 2.53. The fourth-order valence-electron chi connectivity index (χ4n) is 1.87. The lowest BCUT2D eigenvalue weighted by Gasteiger charge is -2.41. The first-order valence-corrected chi connectivity index (χ1v) is 5.50. The van der Waals surface area contributed by atoms with Crippen molar-refractivity contribution in [2.24, 2.45) is 5.73 Å². The standard InChI is InChI=1S/C12H16FNO2/c1-2-15-12-10(14)7-11(12)16-9-5-3-4-8(13)6-9/h3-6,10-12H,2,7,14H2,1H3. The molecule has 0 heterocycles. The zero-order valence-electron chi connectivity index (χ0n) is 9.23. The average Bonchev–Trinajstić information content (AvgIpc) is 2.26. The number of hydrogen-bond donors (Lipinski definition) is 1. The van der Waals surface area contributed by atoms with E-state index in [0.717, 1.165) is 6.42 Å². The second-order valence-corrected chi connectivity index (χ2v) is 3.93. The molecule has 0 bridgehead atoms. The minimum absolute atomic E-state index is 0.0264. The number of ether oxygens (including phenoxy) is 2. The summed E-state index contributed by atoms with van der Waals surface area (Å²) in [5.74, 6) is 0.232. The van der Waals surface area contributed by atoms with Gasteiger partial charge in [0.05, 0.1) is 0 Å². The number of halogens is 1. The van der Waals surface area contributed by atoms with Crippen LogP contribution in [0.15, 0.2) is 24.3 Å². The van der Waals surface area contributed by atoms with Gasteiger partial charge in [0.15, 0.2) is 0 Å². The molecule has 1 saturated carbocycles. The Morgan fingerprint density at radius 3 is 2.94 bits per heavy atom.